The van der Waals surface area contributed by atoms with Crippen LogP contribution in [0.2, 0.25) is 0 Å². The van der Waals surface area contributed by atoms with Crippen LogP contribution < -0.4 is 5.32 Å². The number of hydrogen-bond acceptors (Lipinski definition) is 8. The van der Waals surface area contributed by atoms with Gasteiger partial charge in [-0.05, 0) is 74.1 Å². The number of nitrogens with one attached hydrogen (secondary N) is 1. The molecule has 2 atom stereocenters. The van der Waals surface area contributed by atoms with Gasteiger partial charge >= 0.3 is 5.97 Å². The lowest BCUT2D eigenvalue weighted by Gasteiger charge is -2.17. The van der Waals surface area contributed by atoms with E-state index < -0.39 is 0 Å². The first-order valence-corrected chi connectivity index (χ1v) is 15.0. The van der Waals surface area contributed by atoms with Crippen molar-refractivity contribution in [2.24, 2.45) is 26.8 Å². The standard InChI is InChI=1S/C36H36N4O4/c1-8-10-30(41)33-19(5)26-14-25-18(4)22(11-12-32(43)44-7)35(39-25)23-13-31(42)34-20(6)27(40-36(23)34)15-28-21(9-2)17(3)24(37-28)16-29(33)38-26/h10,14-16,18,22,39,41H,1,9,11-13H2,2-7H3/b24-16?,25-14?,27-15?,33-30-,35-23?/t18-,22-/m0/s1. The molecule has 6 rings (SSSR count). The van der Waals surface area contributed by atoms with Crippen LogP contribution in [-0.2, 0) is 14.3 Å². The summed E-state index contributed by atoms with van der Waals surface area (Å²) in [5, 5.41) is 14.7. The van der Waals surface area contributed by atoms with Gasteiger partial charge in [0.1, 0.15) is 5.76 Å². The van der Waals surface area contributed by atoms with Gasteiger partial charge in [0.05, 0.1) is 41.3 Å². The Morgan fingerprint density at radius 2 is 1.84 bits per heavy atom. The van der Waals surface area contributed by atoms with Crippen molar-refractivity contribution >= 4 is 28.9 Å². The Hall–Kier alpha value is -4.81. The smallest absolute Gasteiger partial charge is 0.305 e. The molecule has 2 fully saturated rings. The number of aliphatic hydroxyl groups is 1. The minimum Gasteiger partial charge on any atom is -0.507 e. The molecule has 0 aromatic rings. The fourth-order valence-corrected chi connectivity index (χ4v) is 6.95. The maximum Gasteiger partial charge on any atom is 0.305 e. The normalized spacial score (nSPS) is 25.0. The van der Waals surface area contributed by atoms with E-state index in [1.807, 2.05) is 39.0 Å². The van der Waals surface area contributed by atoms with Crippen molar-refractivity contribution in [1.82, 2.24) is 5.32 Å². The summed E-state index contributed by atoms with van der Waals surface area (Å²) in [6.45, 7) is 13.8. The largest absolute Gasteiger partial charge is 0.507 e. The van der Waals surface area contributed by atoms with Gasteiger partial charge in [-0.2, -0.15) is 0 Å². The summed E-state index contributed by atoms with van der Waals surface area (Å²) in [6.07, 6.45) is 9.16. The molecule has 44 heavy (non-hydrogen) atoms. The van der Waals surface area contributed by atoms with Crippen LogP contribution in [0.15, 0.2) is 125 Å². The van der Waals surface area contributed by atoms with Gasteiger partial charge in [0, 0.05) is 58.9 Å². The second kappa shape index (κ2) is 11.0. The maximum atomic E-state index is 13.5. The zero-order chi connectivity index (χ0) is 31.4. The maximum absolute atomic E-state index is 13.5. The molecule has 0 unspecified atom stereocenters. The van der Waals surface area contributed by atoms with E-state index in [0.29, 0.717) is 34.7 Å². The molecule has 224 valence electrons. The van der Waals surface area contributed by atoms with Crippen molar-refractivity contribution in [3.05, 3.63) is 110 Å². The van der Waals surface area contributed by atoms with Crippen molar-refractivity contribution in [3.8, 4) is 0 Å². The van der Waals surface area contributed by atoms with Crippen molar-refractivity contribution in [2.75, 3.05) is 7.11 Å². The van der Waals surface area contributed by atoms with Crippen LogP contribution in [0.25, 0.3) is 0 Å². The average Bonchev–Trinajstić information content (AvgIpc) is 3.74. The minimum absolute atomic E-state index is 0.00931. The Morgan fingerprint density at radius 3 is 2.55 bits per heavy atom. The van der Waals surface area contributed by atoms with Gasteiger partial charge < -0.3 is 15.2 Å². The third kappa shape index (κ3) is 4.57. The third-order valence-corrected chi connectivity index (χ3v) is 9.42. The van der Waals surface area contributed by atoms with Gasteiger partial charge in [0.25, 0.3) is 0 Å². The number of aliphatic imine (C=N–C) groups is 3. The zero-order valence-electron chi connectivity index (χ0n) is 26.0. The zero-order valence-corrected chi connectivity index (χ0v) is 26.0. The summed E-state index contributed by atoms with van der Waals surface area (Å²) in [5.74, 6) is -0.274. The van der Waals surface area contributed by atoms with Crippen molar-refractivity contribution < 1.29 is 19.4 Å². The van der Waals surface area contributed by atoms with E-state index in [2.05, 4.69) is 31.5 Å². The Morgan fingerprint density at radius 1 is 1.11 bits per heavy atom. The lowest BCUT2D eigenvalue weighted by molar-refractivity contribution is -0.140. The number of ketones is 1. The molecule has 8 heteroatoms. The Bertz CT molecular complexity index is 1850. The molecule has 0 spiro atoms. The van der Waals surface area contributed by atoms with Crippen molar-refractivity contribution in [2.45, 2.75) is 60.3 Å². The molecule has 0 aromatic carbocycles. The SMILES string of the molecule is C=C=C/C(O)=C1/C2=NC(=C1C)C=C1NC(=C3CC(=O)C4=C(C)C(=CC5=NC(=C2)C(C)=C5CC)N=C34)[C@@H](CCC(=O)OC)[C@@H]1C. The number of fused-ring (bicyclic) bond motifs is 5. The second-order valence-electron chi connectivity index (χ2n) is 11.8. The highest BCUT2D eigenvalue weighted by molar-refractivity contribution is 6.38. The molecule has 1 aliphatic carbocycles. The highest BCUT2D eigenvalue weighted by Crippen LogP contribution is 2.45. The summed E-state index contributed by atoms with van der Waals surface area (Å²) < 4.78 is 4.96. The van der Waals surface area contributed by atoms with Crippen LogP contribution in [0.5, 0.6) is 0 Å². The average molecular weight is 589 g/mol. The number of nitrogens with zero attached hydrogens (tertiary/aromatic N) is 3. The number of hydrogen-bond donors (Lipinski definition) is 2. The number of ether oxygens (including phenoxy) is 1. The van der Waals surface area contributed by atoms with E-state index in [9.17, 15) is 14.7 Å². The second-order valence-corrected chi connectivity index (χ2v) is 11.8. The molecule has 8 bridgehead atoms. The van der Waals surface area contributed by atoms with Crippen LogP contribution in [0, 0.1) is 11.8 Å². The van der Waals surface area contributed by atoms with Gasteiger partial charge in [0.2, 0.25) is 0 Å². The number of carbonyl (C=O) groups is 2. The summed E-state index contributed by atoms with van der Waals surface area (Å²) in [7, 11) is 1.40. The quantitative estimate of drug-likeness (QED) is 0.216. The molecule has 5 aliphatic heterocycles. The summed E-state index contributed by atoms with van der Waals surface area (Å²) in [4.78, 5) is 40.7. The monoisotopic (exact) mass is 588 g/mol. The van der Waals surface area contributed by atoms with Gasteiger partial charge in [-0.15, -0.1) is 5.73 Å². The minimum atomic E-state index is -0.275. The molecular weight excluding hydrogens is 552 g/mol. The number of esters is 1. The Labute approximate surface area is 257 Å². The van der Waals surface area contributed by atoms with Crippen molar-refractivity contribution in [3.63, 3.8) is 0 Å². The highest BCUT2D eigenvalue weighted by atomic mass is 16.5. The number of allylic oxidation sites excluding steroid dienone is 13. The number of Topliss-reactive ketones (excluding diaryl/α,β-unsaturated/α-hetero) is 1. The lowest BCUT2D eigenvalue weighted by atomic mass is 9.86. The number of methoxy groups -OCH3 is 1. The molecule has 6 aliphatic rings. The van der Waals surface area contributed by atoms with Gasteiger partial charge in [-0.3, -0.25) is 9.59 Å². The fourth-order valence-electron chi connectivity index (χ4n) is 6.95. The van der Waals surface area contributed by atoms with Gasteiger partial charge in [-0.25, -0.2) is 15.0 Å². The summed E-state index contributed by atoms with van der Waals surface area (Å²) in [5.41, 5.74) is 14.7. The molecule has 0 radical (unpaired) electrons. The van der Waals surface area contributed by atoms with E-state index in [-0.39, 0.29) is 42.2 Å². The van der Waals surface area contributed by atoms with Crippen LogP contribution in [0.4, 0.5) is 0 Å². The van der Waals surface area contributed by atoms with Crippen molar-refractivity contribution in [1.29, 1.82) is 0 Å². The Kier molecular flexibility index (Phi) is 7.34. The van der Waals surface area contributed by atoms with Crippen LogP contribution in [0.3, 0.4) is 0 Å². The molecule has 2 N–H and O–H groups in total. The Balaban J connectivity index is 1.63. The molecule has 1 saturated carbocycles. The molecule has 1 saturated heterocycles. The van der Waals surface area contributed by atoms with E-state index in [0.717, 1.165) is 62.8 Å². The fraction of sp³-hybridized carbons (Fsp3) is 0.333. The summed E-state index contributed by atoms with van der Waals surface area (Å²) in [6, 6.07) is 0. The van der Waals surface area contributed by atoms with E-state index >= 15 is 0 Å². The predicted molar refractivity (Wildman–Crippen MR) is 172 cm³/mol. The lowest BCUT2D eigenvalue weighted by Crippen LogP contribution is -2.15. The first-order chi connectivity index (χ1) is 21.1. The highest BCUT2D eigenvalue weighted by Gasteiger charge is 2.43. The van der Waals surface area contributed by atoms with Gasteiger partial charge in [0.15, 0.2) is 5.78 Å². The number of carbonyl (C=O) groups excluding carboxylic acids is 2. The number of rotatable bonds is 5. The first kappa shape index (κ1) is 29.3. The molecule has 8 nitrogen and oxygen atoms in total. The van der Waals surface area contributed by atoms with Gasteiger partial charge in [-0.1, -0.05) is 20.4 Å². The van der Waals surface area contributed by atoms with Crippen LogP contribution >= 0.6 is 0 Å². The molecular formula is C36H36N4O4. The molecule has 5 heterocycles. The third-order valence-electron chi connectivity index (χ3n) is 9.42. The van der Waals surface area contributed by atoms with Crippen LogP contribution in [0.1, 0.15) is 60.3 Å². The topological polar surface area (TPSA) is 113 Å². The summed E-state index contributed by atoms with van der Waals surface area (Å²) >= 11 is 0. The molecule has 0 amide bonds. The van der Waals surface area contributed by atoms with E-state index in [1.54, 1.807) is 0 Å². The van der Waals surface area contributed by atoms with E-state index in [4.69, 9.17) is 19.7 Å². The van der Waals surface area contributed by atoms with E-state index in [1.165, 1.54) is 13.2 Å². The first-order valence-electron chi connectivity index (χ1n) is 15.0. The predicted octanol–water partition coefficient (Wildman–Crippen LogP) is 6.52. The molecule has 0 aromatic heterocycles. The number of aliphatic hydroxyl groups excluding tert-OH is 1. The van der Waals surface area contributed by atoms with Crippen LogP contribution in [-0.4, -0.2) is 41.1 Å².